The fourth-order valence-corrected chi connectivity index (χ4v) is 4.43. The number of anilines is 2. The van der Waals surface area contributed by atoms with Crippen molar-refractivity contribution in [1.82, 2.24) is 0 Å². The Kier molecular flexibility index (Phi) is 7.01. The van der Waals surface area contributed by atoms with Gasteiger partial charge in [-0.2, -0.15) is 0 Å². The van der Waals surface area contributed by atoms with Crippen LogP contribution in [0.2, 0.25) is 0 Å². The number of para-hydroxylation sites is 1. The molecule has 176 valence electrons. The predicted molar refractivity (Wildman–Crippen MR) is 137 cm³/mol. The molecule has 0 spiro atoms. The van der Waals surface area contributed by atoms with Gasteiger partial charge in [-0.05, 0) is 85.3 Å². The molecule has 0 aromatic heterocycles. The second-order valence-corrected chi connectivity index (χ2v) is 8.90. The van der Waals surface area contributed by atoms with Gasteiger partial charge in [0.2, 0.25) is 11.8 Å². The second kappa shape index (κ2) is 10.1. The van der Waals surface area contributed by atoms with Gasteiger partial charge in [0.15, 0.2) is 0 Å². The van der Waals surface area contributed by atoms with E-state index in [-0.39, 0.29) is 24.2 Å². The number of hydrogen-bond acceptors (Lipinski definition) is 3. The predicted octanol–water partition coefficient (Wildman–Crippen LogP) is 6.21. The van der Waals surface area contributed by atoms with Crippen LogP contribution in [-0.2, 0) is 22.4 Å². The van der Waals surface area contributed by atoms with E-state index in [9.17, 15) is 9.59 Å². The van der Waals surface area contributed by atoms with E-state index >= 15 is 0 Å². The van der Waals surface area contributed by atoms with Gasteiger partial charge in [0.25, 0.3) is 0 Å². The number of hydrogen-bond donors (Lipinski definition) is 1. The van der Waals surface area contributed by atoms with Crippen LogP contribution in [0.3, 0.4) is 0 Å². The quantitative estimate of drug-likeness (QED) is 0.460. The van der Waals surface area contributed by atoms with Crippen molar-refractivity contribution in [3.05, 3.63) is 82.9 Å². The molecule has 4 rings (SSSR count). The summed E-state index contributed by atoms with van der Waals surface area (Å²) < 4.78 is 5.93. The summed E-state index contributed by atoms with van der Waals surface area (Å²) in [6, 6.07) is 19.5. The maximum absolute atomic E-state index is 13.0. The standard InChI is InChI=1S/C29H32N2O3/c1-5-21-8-7-9-22(6-2)28(21)31-18-23(17-27(31)32)29(33)30-24-11-14-25(15-12-24)34-26-13-10-19(3)20(4)16-26/h7-16,23H,5-6,17-18H2,1-4H3,(H,30,33)/t23-/m0/s1. The van der Waals surface area contributed by atoms with Gasteiger partial charge in [0.05, 0.1) is 5.92 Å². The zero-order valence-electron chi connectivity index (χ0n) is 20.4. The summed E-state index contributed by atoms with van der Waals surface area (Å²) in [4.78, 5) is 27.6. The Morgan fingerprint density at radius 2 is 1.59 bits per heavy atom. The van der Waals surface area contributed by atoms with Crippen LogP contribution in [0.15, 0.2) is 60.7 Å². The number of carbonyl (C=O) groups excluding carboxylic acids is 2. The average molecular weight is 457 g/mol. The molecule has 1 aliphatic heterocycles. The lowest BCUT2D eigenvalue weighted by atomic mass is 10.0. The zero-order valence-corrected chi connectivity index (χ0v) is 20.4. The highest BCUT2D eigenvalue weighted by Gasteiger charge is 2.36. The summed E-state index contributed by atoms with van der Waals surface area (Å²) in [5, 5.41) is 2.97. The lowest BCUT2D eigenvalue weighted by molar-refractivity contribution is -0.122. The van der Waals surface area contributed by atoms with Crippen molar-refractivity contribution in [2.45, 2.75) is 47.0 Å². The lowest BCUT2D eigenvalue weighted by Crippen LogP contribution is -2.29. The molecule has 1 N–H and O–H groups in total. The van der Waals surface area contributed by atoms with Crippen molar-refractivity contribution in [3.63, 3.8) is 0 Å². The first-order valence-corrected chi connectivity index (χ1v) is 12.0. The molecule has 5 heteroatoms. The first-order chi connectivity index (χ1) is 16.4. The molecule has 2 amide bonds. The van der Waals surface area contributed by atoms with Gasteiger partial charge in [-0.25, -0.2) is 0 Å². The third kappa shape index (κ3) is 4.98. The third-order valence-electron chi connectivity index (χ3n) is 6.57. The number of carbonyl (C=O) groups is 2. The van der Waals surface area contributed by atoms with Gasteiger partial charge < -0.3 is 15.0 Å². The molecule has 0 aliphatic carbocycles. The summed E-state index contributed by atoms with van der Waals surface area (Å²) in [5.74, 6) is 0.974. The van der Waals surface area contributed by atoms with E-state index in [1.807, 2.05) is 53.4 Å². The van der Waals surface area contributed by atoms with E-state index in [2.05, 4.69) is 45.1 Å². The molecule has 0 radical (unpaired) electrons. The number of nitrogens with zero attached hydrogens (tertiary/aromatic N) is 1. The van der Waals surface area contributed by atoms with Gasteiger partial charge in [0, 0.05) is 24.3 Å². The van der Waals surface area contributed by atoms with Crippen LogP contribution in [0.1, 0.15) is 42.5 Å². The Morgan fingerprint density at radius 1 is 0.941 bits per heavy atom. The van der Waals surface area contributed by atoms with Crippen molar-refractivity contribution in [2.75, 3.05) is 16.8 Å². The molecule has 1 aliphatic rings. The minimum absolute atomic E-state index is 0.00730. The summed E-state index contributed by atoms with van der Waals surface area (Å²) in [7, 11) is 0. The maximum atomic E-state index is 13.0. The highest BCUT2D eigenvalue weighted by Crippen LogP contribution is 2.33. The van der Waals surface area contributed by atoms with Gasteiger partial charge in [-0.1, -0.05) is 38.1 Å². The molecule has 1 atom stereocenters. The van der Waals surface area contributed by atoms with Crippen LogP contribution in [0.5, 0.6) is 11.5 Å². The topological polar surface area (TPSA) is 58.6 Å². The fourth-order valence-electron chi connectivity index (χ4n) is 4.43. The average Bonchev–Trinajstić information content (AvgIpc) is 3.23. The van der Waals surface area contributed by atoms with Gasteiger partial charge >= 0.3 is 0 Å². The Bertz CT molecular complexity index is 1180. The van der Waals surface area contributed by atoms with E-state index in [0.717, 1.165) is 35.4 Å². The lowest BCUT2D eigenvalue weighted by Gasteiger charge is -2.23. The first kappa shape index (κ1) is 23.6. The number of rotatable bonds is 7. The van der Waals surface area contributed by atoms with Gasteiger partial charge in [-0.3, -0.25) is 9.59 Å². The molecule has 1 heterocycles. The van der Waals surface area contributed by atoms with Crippen LogP contribution in [0, 0.1) is 19.8 Å². The summed E-state index contributed by atoms with van der Waals surface area (Å²) in [6.07, 6.45) is 1.92. The number of benzene rings is 3. The molecule has 0 bridgehead atoms. The monoisotopic (exact) mass is 456 g/mol. The number of nitrogens with one attached hydrogen (secondary N) is 1. The second-order valence-electron chi connectivity index (χ2n) is 8.90. The van der Waals surface area contributed by atoms with Crippen LogP contribution in [0.4, 0.5) is 11.4 Å². The van der Waals surface area contributed by atoms with Gasteiger partial charge in [-0.15, -0.1) is 0 Å². The summed E-state index contributed by atoms with van der Waals surface area (Å²) >= 11 is 0. The van der Waals surface area contributed by atoms with Gasteiger partial charge in [0.1, 0.15) is 11.5 Å². The van der Waals surface area contributed by atoms with E-state index in [1.54, 1.807) is 0 Å². The number of ether oxygens (including phenoxy) is 1. The Morgan fingerprint density at radius 3 is 2.21 bits per heavy atom. The molecular weight excluding hydrogens is 424 g/mol. The molecule has 3 aromatic rings. The van der Waals surface area contributed by atoms with E-state index in [0.29, 0.717) is 18.0 Å². The van der Waals surface area contributed by atoms with E-state index < -0.39 is 0 Å². The van der Waals surface area contributed by atoms with Crippen LogP contribution >= 0.6 is 0 Å². The molecule has 34 heavy (non-hydrogen) atoms. The number of amides is 2. The molecule has 1 saturated heterocycles. The normalized spacial score (nSPS) is 15.5. The molecule has 5 nitrogen and oxygen atoms in total. The first-order valence-electron chi connectivity index (χ1n) is 12.0. The minimum atomic E-state index is -0.381. The fraction of sp³-hybridized carbons (Fsp3) is 0.310. The number of aryl methyl sites for hydroxylation is 4. The summed E-state index contributed by atoms with van der Waals surface area (Å²) in [5.41, 5.74) is 6.36. The smallest absolute Gasteiger partial charge is 0.229 e. The SMILES string of the molecule is CCc1cccc(CC)c1N1C[C@@H](C(=O)Nc2ccc(Oc3ccc(C)c(C)c3)cc2)CC1=O. The van der Waals surface area contributed by atoms with Crippen molar-refractivity contribution in [3.8, 4) is 11.5 Å². The molecule has 1 fully saturated rings. The Labute approximate surface area is 201 Å². The summed E-state index contributed by atoms with van der Waals surface area (Å²) in [6.45, 7) is 8.72. The largest absolute Gasteiger partial charge is 0.457 e. The highest BCUT2D eigenvalue weighted by molar-refractivity contribution is 6.04. The van der Waals surface area contributed by atoms with Crippen LogP contribution in [0.25, 0.3) is 0 Å². The minimum Gasteiger partial charge on any atom is -0.457 e. The zero-order chi connectivity index (χ0) is 24.2. The van der Waals surface area contributed by atoms with E-state index in [4.69, 9.17) is 4.74 Å². The Hall–Kier alpha value is -3.60. The molecule has 0 saturated carbocycles. The van der Waals surface area contributed by atoms with E-state index in [1.165, 1.54) is 11.1 Å². The molecule has 0 unspecified atom stereocenters. The Balaban J connectivity index is 1.42. The third-order valence-corrected chi connectivity index (χ3v) is 6.57. The maximum Gasteiger partial charge on any atom is 0.229 e. The van der Waals surface area contributed by atoms with Crippen LogP contribution < -0.4 is 15.0 Å². The molecule has 3 aromatic carbocycles. The van der Waals surface area contributed by atoms with Crippen LogP contribution in [-0.4, -0.2) is 18.4 Å². The molecular formula is C29H32N2O3. The van der Waals surface area contributed by atoms with Crippen molar-refractivity contribution < 1.29 is 14.3 Å². The highest BCUT2D eigenvalue weighted by atomic mass is 16.5. The van der Waals surface area contributed by atoms with Crippen molar-refractivity contribution in [2.24, 2.45) is 5.92 Å². The van der Waals surface area contributed by atoms with Crippen molar-refractivity contribution in [1.29, 1.82) is 0 Å². The van der Waals surface area contributed by atoms with Crippen molar-refractivity contribution >= 4 is 23.2 Å².